The van der Waals surface area contributed by atoms with Crippen molar-refractivity contribution in [2.24, 2.45) is 0 Å². The van der Waals surface area contributed by atoms with Crippen LogP contribution in [-0.2, 0) is 14.2 Å². The van der Waals surface area contributed by atoms with E-state index in [1.165, 1.54) is 24.3 Å². The van der Waals surface area contributed by atoms with Crippen molar-refractivity contribution in [3.05, 3.63) is 69.7 Å². The predicted octanol–water partition coefficient (Wildman–Crippen LogP) is 4.06. The number of carbonyl (C=O) groups excluding carboxylic acids is 2. The molecule has 0 saturated carbocycles. The second-order valence-electron chi connectivity index (χ2n) is 6.08. The summed E-state index contributed by atoms with van der Waals surface area (Å²) in [5, 5.41) is 10.1. The SMILES string of the molecule is N#C[C@H]1C[C@H](OC(=O)c2ccc(Cl)cc2)[C@@H](COC(=O)c2ccc(Cl)cc2)O1. The minimum absolute atomic E-state index is 0.155. The Balaban J connectivity index is 1.62. The summed E-state index contributed by atoms with van der Waals surface area (Å²) in [7, 11) is 0. The molecular formula is C20H15Cl2NO5. The summed E-state index contributed by atoms with van der Waals surface area (Å²) in [5.74, 6) is -1.14. The lowest BCUT2D eigenvalue weighted by molar-refractivity contribution is -0.0349. The largest absolute Gasteiger partial charge is 0.459 e. The topological polar surface area (TPSA) is 85.6 Å². The van der Waals surface area contributed by atoms with Crippen LogP contribution in [-0.4, -0.2) is 36.9 Å². The fourth-order valence-electron chi connectivity index (χ4n) is 2.69. The molecule has 3 atom stereocenters. The van der Waals surface area contributed by atoms with Crippen LogP contribution in [0.25, 0.3) is 0 Å². The number of halogens is 2. The molecule has 0 aliphatic carbocycles. The molecule has 0 unspecified atom stereocenters. The van der Waals surface area contributed by atoms with Crippen LogP contribution in [0.15, 0.2) is 48.5 Å². The van der Waals surface area contributed by atoms with E-state index in [4.69, 9.17) is 42.7 Å². The number of hydrogen-bond acceptors (Lipinski definition) is 6. The lowest BCUT2D eigenvalue weighted by Crippen LogP contribution is -2.32. The number of rotatable bonds is 5. The Bertz CT molecular complexity index is 892. The summed E-state index contributed by atoms with van der Waals surface area (Å²) in [6.07, 6.45) is -2.01. The van der Waals surface area contributed by atoms with Crippen LogP contribution in [0.5, 0.6) is 0 Å². The highest BCUT2D eigenvalue weighted by Gasteiger charge is 2.39. The highest BCUT2D eigenvalue weighted by molar-refractivity contribution is 6.30. The third-order valence-corrected chi connectivity index (χ3v) is 4.65. The molecule has 8 heteroatoms. The van der Waals surface area contributed by atoms with E-state index >= 15 is 0 Å². The Morgan fingerprint density at radius 3 is 2.07 bits per heavy atom. The summed E-state index contributed by atoms with van der Waals surface area (Å²) >= 11 is 11.6. The Labute approximate surface area is 171 Å². The van der Waals surface area contributed by atoms with E-state index in [0.29, 0.717) is 21.2 Å². The standard InChI is InChI=1S/C20H15Cl2NO5/c21-14-5-1-12(2-6-14)19(24)26-11-18-17(9-16(10-23)27-18)28-20(25)13-3-7-15(22)8-4-13/h1-8,16-18H,9,11H2/t16-,17+,18-/m1/s1. The number of carbonyl (C=O) groups is 2. The molecule has 0 bridgehead atoms. The maximum absolute atomic E-state index is 12.3. The molecule has 144 valence electrons. The Morgan fingerprint density at radius 2 is 1.54 bits per heavy atom. The van der Waals surface area contributed by atoms with Gasteiger partial charge in [-0.3, -0.25) is 0 Å². The van der Waals surface area contributed by atoms with Crippen molar-refractivity contribution >= 4 is 35.1 Å². The average molecular weight is 420 g/mol. The Hall–Kier alpha value is -2.59. The summed E-state index contributed by atoms with van der Waals surface area (Å²) in [6, 6.07) is 14.4. The molecule has 2 aromatic carbocycles. The van der Waals surface area contributed by atoms with Crippen LogP contribution in [0.1, 0.15) is 27.1 Å². The maximum Gasteiger partial charge on any atom is 0.338 e. The molecule has 0 aromatic heterocycles. The maximum atomic E-state index is 12.3. The zero-order valence-electron chi connectivity index (χ0n) is 14.5. The van der Waals surface area contributed by atoms with Crippen molar-refractivity contribution in [3.8, 4) is 6.07 Å². The first-order chi connectivity index (χ1) is 13.5. The minimum Gasteiger partial charge on any atom is -0.459 e. The third kappa shape index (κ3) is 5.02. The van der Waals surface area contributed by atoms with Gasteiger partial charge < -0.3 is 14.2 Å². The molecule has 0 spiro atoms. The summed E-state index contributed by atoms with van der Waals surface area (Å²) in [5.41, 5.74) is 0.649. The molecule has 0 N–H and O–H groups in total. The lowest BCUT2D eigenvalue weighted by Gasteiger charge is -2.19. The third-order valence-electron chi connectivity index (χ3n) is 4.14. The summed E-state index contributed by atoms with van der Waals surface area (Å²) < 4.78 is 16.2. The molecule has 1 saturated heterocycles. The van der Waals surface area contributed by atoms with Gasteiger partial charge in [0.25, 0.3) is 0 Å². The van der Waals surface area contributed by atoms with E-state index < -0.39 is 30.3 Å². The van der Waals surface area contributed by atoms with Crippen molar-refractivity contribution < 1.29 is 23.8 Å². The van der Waals surface area contributed by atoms with Gasteiger partial charge in [-0.1, -0.05) is 23.2 Å². The fourth-order valence-corrected chi connectivity index (χ4v) is 2.94. The van der Waals surface area contributed by atoms with E-state index in [-0.39, 0.29) is 13.0 Å². The fraction of sp³-hybridized carbons (Fsp3) is 0.250. The number of ether oxygens (including phenoxy) is 3. The molecular weight excluding hydrogens is 405 g/mol. The second-order valence-corrected chi connectivity index (χ2v) is 6.96. The first-order valence-electron chi connectivity index (χ1n) is 8.40. The van der Waals surface area contributed by atoms with E-state index in [9.17, 15) is 9.59 Å². The Kier molecular flexibility index (Phi) is 6.53. The van der Waals surface area contributed by atoms with Gasteiger partial charge in [0.15, 0.2) is 0 Å². The zero-order valence-corrected chi connectivity index (χ0v) is 16.0. The van der Waals surface area contributed by atoms with Crippen molar-refractivity contribution in [2.75, 3.05) is 6.61 Å². The first-order valence-corrected chi connectivity index (χ1v) is 9.16. The molecule has 0 amide bonds. The van der Waals surface area contributed by atoms with Gasteiger partial charge in [0, 0.05) is 16.5 Å². The molecule has 28 heavy (non-hydrogen) atoms. The molecule has 6 nitrogen and oxygen atoms in total. The van der Waals surface area contributed by atoms with E-state index in [1.54, 1.807) is 24.3 Å². The Morgan fingerprint density at radius 1 is 1.00 bits per heavy atom. The van der Waals surface area contributed by atoms with Crippen LogP contribution in [0, 0.1) is 11.3 Å². The van der Waals surface area contributed by atoms with Crippen molar-refractivity contribution in [2.45, 2.75) is 24.7 Å². The smallest absolute Gasteiger partial charge is 0.338 e. The number of nitrogens with zero attached hydrogens (tertiary/aromatic N) is 1. The zero-order chi connectivity index (χ0) is 20.1. The van der Waals surface area contributed by atoms with Gasteiger partial charge in [-0.15, -0.1) is 0 Å². The first kappa shape index (κ1) is 20.2. The average Bonchev–Trinajstić information content (AvgIpc) is 3.09. The van der Waals surface area contributed by atoms with Gasteiger partial charge >= 0.3 is 11.9 Å². The van der Waals surface area contributed by atoms with E-state index in [0.717, 1.165) is 0 Å². The van der Waals surface area contributed by atoms with Gasteiger partial charge in [0.2, 0.25) is 0 Å². The highest BCUT2D eigenvalue weighted by Crippen LogP contribution is 2.25. The summed E-state index contributed by atoms with van der Waals surface area (Å²) in [6.45, 7) is -0.155. The van der Waals surface area contributed by atoms with Crippen LogP contribution < -0.4 is 0 Å². The van der Waals surface area contributed by atoms with Gasteiger partial charge in [-0.25, -0.2) is 9.59 Å². The number of esters is 2. The second kappa shape index (κ2) is 9.07. The molecule has 1 fully saturated rings. The monoisotopic (exact) mass is 419 g/mol. The lowest BCUT2D eigenvalue weighted by atomic mass is 10.1. The van der Waals surface area contributed by atoms with Crippen molar-refractivity contribution in [1.82, 2.24) is 0 Å². The quantitative estimate of drug-likeness (QED) is 0.679. The molecule has 0 radical (unpaired) electrons. The molecule has 3 rings (SSSR count). The van der Waals surface area contributed by atoms with Crippen LogP contribution >= 0.6 is 23.2 Å². The number of hydrogen-bond donors (Lipinski definition) is 0. The molecule has 1 aliphatic heterocycles. The van der Waals surface area contributed by atoms with Gasteiger partial charge in [0.05, 0.1) is 17.2 Å². The van der Waals surface area contributed by atoms with Crippen LogP contribution in [0.4, 0.5) is 0 Å². The van der Waals surface area contributed by atoms with E-state index in [2.05, 4.69) is 0 Å². The number of nitriles is 1. The predicted molar refractivity (Wildman–Crippen MR) is 101 cm³/mol. The van der Waals surface area contributed by atoms with E-state index in [1.807, 2.05) is 6.07 Å². The minimum atomic E-state index is -0.748. The number of benzene rings is 2. The van der Waals surface area contributed by atoms with Crippen molar-refractivity contribution in [3.63, 3.8) is 0 Å². The van der Waals surface area contributed by atoms with Crippen molar-refractivity contribution in [1.29, 1.82) is 5.26 Å². The van der Waals surface area contributed by atoms with Crippen LogP contribution in [0.2, 0.25) is 10.0 Å². The van der Waals surface area contributed by atoms with Gasteiger partial charge in [-0.05, 0) is 48.5 Å². The highest BCUT2D eigenvalue weighted by atomic mass is 35.5. The molecule has 1 aliphatic rings. The van der Waals surface area contributed by atoms with Crippen LogP contribution in [0.3, 0.4) is 0 Å². The normalized spacial score (nSPS) is 21.0. The van der Waals surface area contributed by atoms with Gasteiger partial charge in [0.1, 0.15) is 24.9 Å². The molecule has 2 aromatic rings. The van der Waals surface area contributed by atoms with Gasteiger partial charge in [-0.2, -0.15) is 5.26 Å². The summed E-state index contributed by atoms with van der Waals surface area (Å²) in [4.78, 5) is 24.5. The molecule has 1 heterocycles.